The summed E-state index contributed by atoms with van der Waals surface area (Å²) >= 11 is 0. The van der Waals surface area contributed by atoms with E-state index < -0.39 is 0 Å². The highest BCUT2D eigenvalue weighted by molar-refractivity contribution is 5.87. The highest BCUT2D eigenvalue weighted by Gasteiger charge is 2.06. The molecule has 0 bridgehead atoms. The molecule has 0 aromatic rings. The molecule has 4 heteroatoms. The molecule has 100 valence electrons. The van der Waals surface area contributed by atoms with Gasteiger partial charge in [0.1, 0.15) is 0 Å². The molecule has 4 nitrogen and oxygen atoms in total. The van der Waals surface area contributed by atoms with Crippen LogP contribution >= 0.6 is 0 Å². The van der Waals surface area contributed by atoms with Crippen LogP contribution in [0, 0.1) is 0 Å². The number of hydrogen-bond acceptors (Lipinski definition) is 2. The van der Waals surface area contributed by atoms with Crippen LogP contribution in [-0.4, -0.2) is 43.4 Å². The summed E-state index contributed by atoms with van der Waals surface area (Å²) in [4.78, 5) is 11.2. The molecule has 0 rings (SSSR count). The molecule has 1 N–H and O–H groups in total. The zero-order valence-electron chi connectivity index (χ0n) is 11.9. The first-order valence-electron chi connectivity index (χ1n) is 6.82. The van der Waals surface area contributed by atoms with Crippen molar-refractivity contribution in [2.45, 2.75) is 47.0 Å². The lowest BCUT2D eigenvalue weighted by molar-refractivity contribution is 0.421. The van der Waals surface area contributed by atoms with Crippen LogP contribution in [0.3, 0.4) is 0 Å². The monoisotopic (exact) mass is 240 g/mol. The fourth-order valence-electron chi connectivity index (χ4n) is 1.38. The van der Waals surface area contributed by atoms with Crippen molar-refractivity contribution >= 4 is 12.2 Å². The van der Waals surface area contributed by atoms with E-state index in [0.29, 0.717) is 6.67 Å². The van der Waals surface area contributed by atoms with Gasteiger partial charge in [-0.3, -0.25) is 5.32 Å². The lowest BCUT2D eigenvalue weighted by Gasteiger charge is -2.21. The Morgan fingerprint density at radius 2 is 2.00 bits per heavy atom. The Morgan fingerprint density at radius 1 is 1.24 bits per heavy atom. The van der Waals surface area contributed by atoms with Gasteiger partial charge < -0.3 is 4.90 Å². The van der Waals surface area contributed by atoms with Crippen LogP contribution in [0.1, 0.15) is 47.0 Å². The second-order valence-electron chi connectivity index (χ2n) is 3.87. The van der Waals surface area contributed by atoms with Gasteiger partial charge in [-0.1, -0.05) is 27.2 Å². The summed E-state index contributed by atoms with van der Waals surface area (Å²) in [6.45, 7) is 12.1. The second kappa shape index (κ2) is 11.6. The van der Waals surface area contributed by atoms with Crippen molar-refractivity contribution < 1.29 is 0 Å². The molecule has 0 aliphatic heterocycles. The van der Waals surface area contributed by atoms with E-state index in [1.54, 1.807) is 0 Å². The van der Waals surface area contributed by atoms with Gasteiger partial charge in [0.05, 0.1) is 6.67 Å². The first-order valence-corrected chi connectivity index (χ1v) is 6.82. The standard InChI is InChI=1S/C13H28N4/c1-5-9-11-17(8-4)13(15-10-6-2)16-12-14-7-3/h10,14H,5-9,11-12H2,1-4H3. The maximum absolute atomic E-state index is 4.51. The Morgan fingerprint density at radius 3 is 2.53 bits per heavy atom. The van der Waals surface area contributed by atoms with E-state index in [1.807, 2.05) is 6.21 Å². The molecule has 0 aliphatic rings. The number of nitrogens with one attached hydrogen (secondary N) is 1. The predicted octanol–water partition coefficient (Wildman–Crippen LogP) is 2.51. The number of unbranched alkanes of at least 4 members (excludes halogenated alkanes) is 1. The van der Waals surface area contributed by atoms with Crippen LogP contribution in [0.25, 0.3) is 0 Å². The van der Waals surface area contributed by atoms with Crippen molar-refractivity contribution in [3.05, 3.63) is 0 Å². The minimum absolute atomic E-state index is 0.648. The van der Waals surface area contributed by atoms with E-state index in [-0.39, 0.29) is 0 Å². The van der Waals surface area contributed by atoms with Gasteiger partial charge in [0, 0.05) is 19.3 Å². The van der Waals surface area contributed by atoms with E-state index >= 15 is 0 Å². The summed E-state index contributed by atoms with van der Waals surface area (Å²) in [6.07, 6.45) is 5.27. The second-order valence-corrected chi connectivity index (χ2v) is 3.87. The molecule has 0 saturated heterocycles. The van der Waals surface area contributed by atoms with Crippen LogP contribution in [0.4, 0.5) is 0 Å². The molecule has 0 unspecified atom stereocenters. The summed E-state index contributed by atoms with van der Waals surface area (Å²) in [5.74, 6) is 0.865. The summed E-state index contributed by atoms with van der Waals surface area (Å²) in [6, 6.07) is 0. The largest absolute Gasteiger partial charge is 0.341 e. The highest BCUT2D eigenvalue weighted by atomic mass is 15.3. The number of nitrogens with zero attached hydrogens (tertiary/aromatic N) is 3. The fraction of sp³-hybridized carbons (Fsp3) is 0.846. The molecule has 0 amide bonds. The Labute approximate surface area is 106 Å². The van der Waals surface area contributed by atoms with Crippen molar-refractivity contribution in [1.82, 2.24) is 10.2 Å². The molecule has 0 spiro atoms. The van der Waals surface area contributed by atoms with E-state index in [9.17, 15) is 0 Å². The number of hydrogen-bond donors (Lipinski definition) is 1. The zero-order chi connectivity index (χ0) is 12.9. The normalized spacial score (nSPS) is 12.4. The van der Waals surface area contributed by atoms with Crippen LogP contribution in [-0.2, 0) is 0 Å². The number of aliphatic imine (C=N–C) groups is 2. The van der Waals surface area contributed by atoms with E-state index in [0.717, 1.165) is 32.0 Å². The molecular formula is C13H28N4. The van der Waals surface area contributed by atoms with Crippen molar-refractivity contribution in [2.24, 2.45) is 9.98 Å². The molecule has 17 heavy (non-hydrogen) atoms. The van der Waals surface area contributed by atoms with Crippen LogP contribution < -0.4 is 5.32 Å². The van der Waals surface area contributed by atoms with Gasteiger partial charge in [0.25, 0.3) is 0 Å². The number of rotatable bonds is 8. The molecule has 0 heterocycles. The molecule has 0 aromatic heterocycles. The maximum atomic E-state index is 4.51. The quantitative estimate of drug-likeness (QED) is 0.402. The van der Waals surface area contributed by atoms with Gasteiger partial charge in [-0.15, -0.1) is 0 Å². The lowest BCUT2D eigenvalue weighted by Crippen LogP contribution is -2.31. The summed E-state index contributed by atoms with van der Waals surface area (Å²) in [5.41, 5.74) is 0. The smallest absolute Gasteiger partial charge is 0.221 e. The molecule has 0 radical (unpaired) electrons. The summed E-state index contributed by atoms with van der Waals surface area (Å²) < 4.78 is 0. The van der Waals surface area contributed by atoms with Crippen molar-refractivity contribution in [2.75, 3.05) is 26.3 Å². The van der Waals surface area contributed by atoms with E-state index in [4.69, 9.17) is 0 Å². The fourth-order valence-corrected chi connectivity index (χ4v) is 1.38. The topological polar surface area (TPSA) is 40.0 Å². The minimum Gasteiger partial charge on any atom is -0.341 e. The lowest BCUT2D eigenvalue weighted by atomic mass is 10.3. The molecule has 0 fully saturated rings. The predicted molar refractivity (Wildman–Crippen MR) is 76.9 cm³/mol. The average molecular weight is 240 g/mol. The van der Waals surface area contributed by atoms with Gasteiger partial charge >= 0.3 is 0 Å². The van der Waals surface area contributed by atoms with E-state index in [1.165, 1.54) is 12.8 Å². The zero-order valence-corrected chi connectivity index (χ0v) is 11.9. The van der Waals surface area contributed by atoms with Gasteiger partial charge in [0.2, 0.25) is 5.96 Å². The third-order valence-corrected chi connectivity index (χ3v) is 2.42. The first-order chi connectivity index (χ1) is 8.29. The molecule has 0 saturated carbocycles. The van der Waals surface area contributed by atoms with Crippen LogP contribution in [0.5, 0.6) is 0 Å². The van der Waals surface area contributed by atoms with Gasteiger partial charge in [0.15, 0.2) is 0 Å². The third kappa shape index (κ3) is 7.91. The van der Waals surface area contributed by atoms with E-state index in [2.05, 4.69) is 47.9 Å². The highest BCUT2D eigenvalue weighted by Crippen LogP contribution is 1.98. The molecule has 0 aliphatic carbocycles. The Bertz CT molecular complexity index is 223. The first kappa shape index (κ1) is 16.1. The summed E-state index contributed by atoms with van der Waals surface area (Å²) in [7, 11) is 0. The SMILES string of the molecule is CCC=NC(=NCNCC)N(CC)CCCC. The Kier molecular flexibility index (Phi) is 11.0. The van der Waals surface area contributed by atoms with Crippen LogP contribution in [0.15, 0.2) is 9.98 Å². The average Bonchev–Trinajstić information content (AvgIpc) is 2.36. The van der Waals surface area contributed by atoms with Gasteiger partial charge in [-0.25, -0.2) is 9.98 Å². The Hall–Kier alpha value is -0.900. The van der Waals surface area contributed by atoms with Gasteiger partial charge in [-0.05, 0) is 26.3 Å². The van der Waals surface area contributed by atoms with Crippen LogP contribution in [0.2, 0.25) is 0 Å². The Balaban J connectivity index is 4.49. The summed E-state index contributed by atoms with van der Waals surface area (Å²) in [5, 5.41) is 3.20. The minimum atomic E-state index is 0.648. The molecule has 0 atom stereocenters. The van der Waals surface area contributed by atoms with Crippen molar-refractivity contribution in [3.63, 3.8) is 0 Å². The van der Waals surface area contributed by atoms with Crippen molar-refractivity contribution in [1.29, 1.82) is 0 Å². The number of guanidine groups is 1. The van der Waals surface area contributed by atoms with Gasteiger partial charge in [-0.2, -0.15) is 0 Å². The maximum Gasteiger partial charge on any atom is 0.221 e. The van der Waals surface area contributed by atoms with Crippen molar-refractivity contribution in [3.8, 4) is 0 Å². The third-order valence-electron chi connectivity index (χ3n) is 2.42. The molecular weight excluding hydrogens is 212 g/mol. The molecule has 0 aromatic carbocycles.